The Morgan fingerprint density at radius 3 is 1.86 bits per heavy atom. The fourth-order valence-corrected chi connectivity index (χ4v) is 4.36. The maximum absolute atomic E-state index is 13.0. The maximum Gasteiger partial charge on any atom is 0.338 e. The Kier molecular flexibility index (Phi) is 8.95. The molecule has 4 rings (SSSR count). The molecule has 3 aromatic carbocycles. The summed E-state index contributed by atoms with van der Waals surface area (Å²) in [7, 11) is 1.41. The fraction of sp³-hybridized carbons (Fsp3) is 0.250. The average Bonchev–Trinajstić information content (AvgIpc) is 2.95. The minimum Gasteiger partial charge on any atom is -0.459 e. The van der Waals surface area contributed by atoms with Gasteiger partial charge in [0, 0.05) is 12.7 Å². The zero-order valence-corrected chi connectivity index (χ0v) is 21.0. The minimum atomic E-state index is -1.01. The van der Waals surface area contributed by atoms with Gasteiger partial charge in [-0.1, -0.05) is 54.6 Å². The normalized spacial score (nSPS) is 23.0. The molecule has 0 aliphatic carbocycles. The predicted molar refractivity (Wildman–Crippen MR) is 139 cm³/mol. The van der Waals surface area contributed by atoms with Crippen molar-refractivity contribution in [1.29, 1.82) is 0 Å². The lowest BCUT2D eigenvalue weighted by atomic mass is 9.98. The predicted octanol–water partition coefficient (Wildman–Crippen LogP) is 3.54. The average molecular weight is 522 g/mol. The van der Waals surface area contributed by atoms with Gasteiger partial charge in [0.05, 0.1) is 16.4 Å². The molecule has 1 fully saturated rings. The van der Waals surface area contributed by atoms with Gasteiger partial charge in [0.2, 0.25) is 0 Å². The van der Waals surface area contributed by atoms with E-state index in [9.17, 15) is 14.4 Å². The molecule has 0 spiro atoms. The summed E-state index contributed by atoms with van der Waals surface area (Å²) in [5.74, 6) is -1.53. The van der Waals surface area contributed by atoms with Crippen molar-refractivity contribution in [2.24, 2.45) is 0 Å². The zero-order valence-electron chi connectivity index (χ0n) is 20.1. The number of hydrogen-bond donors (Lipinski definition) is 2. The van der Waals surface area contributed by atoms with Gasteiger partial charge in [-0.2, -0.15) is 12.6 Å². The van der Waals surface area contributed by atoms with E-state index in [0.717, 1.165) is 0 Å². The molecule has 5 atom stereocenters. The first-order valence-electron chi connectivity index (χ1n) is 11.7. The lowest BCUT2D eigenvalue weighted by molar-refractivity contribution is -0.221. The van der Waals surface area contributed by atoms with Crippen LogP contribution in [0.3, 0.4) is 0 Å². The molecule has 1 aliphatic heterocycles. The van der Waals surface area contributed by atoms with Gasteiger partial charge in [0.1, 0.15) is 24.9 Å². The fourth-order valence-electron chi connectivity index (χ4n) is 3.96. The Balaban J connectivity index is 1.55. The molecule has 1 saturated heterocycles. The van der Waals surface area contributed by atoms with Crippen LogP contribution in [0.1, 0.15) is 31.1 Å². The van der Waals surface area contributed by atoms with Crippen molar-refractivity contribution in [1.82, 2.24) is 5.32 Å². The van der Waals surface area contributed by atoms with Gasteiger partial charge in [0.25, 0.3) is 5.91 Å². The quantitative estimate of drug-likeness (QED) is 0.346. The van der Waals surface area contributed by atoms with Gasteiger partial charge in [0.15, 0.2) is 6.29 Å². The molecule has 0 saturated carbocycles. The highest BCUT2D eigenvalue weighted by molar-refractivity contribution is 7.81. The zero-order chi connectivity index (χ0) is 26.2. The number of amides is 1. The molecule has 9 heteroatoms. The molecule has 37 heavy (non-hydrogen) atoms. The number of carbonyl (C=O) groups is 3. The van der Waals surface area contributed by atoms with Crippen molar-refractivity contribution in [2.45, 2.75) is 29.8 Å². The molecule has 0 radical (unpaired) electrons. The Morgan fingerprint density at radius 2 is 1.32 bits per heavy atom. The van der Waals surface area contributed by atoms with Crippen LogP contribution >= 0.6 is 12.6 Å². The van der Waals surface area contributed by atoms with Crippen molar-refractivity contribution in [3.8, 4) is 0 Å². The highest BCUT2D eigenvalue weighted by Crippen LogP contribution is 2.29. The first kappa shape index (κ1) is 26.4. The van der Waals surface area contributed by atoms with Crippen LogP contribution < -0.4 is 5.32 Å². The third kappa shape index (κ3) is 6.56. The van der Waals surface area contributed by atoms with E-state index in [-0.39, 0.29) is 6.61 Å². The van der Waals surface area contributed by atoms with Crippen LogP contribution in [0.2, 0.25) is 0 Å². The number of methoxy groups -OCH3 is 1. The van der Waals surface area contributed by atoms with Gasteiger partial charge in [-0.3, -0.25) is 4.79 Å². The van der Waals surface area contributed by atoms with Gasteiger partial charge < -0.3 is 24.3 Å². The van der Waals surface area contributed by atoms with Crippen LogP contribution in [0.15, 0.2) is 91.0 Å². The lowest BCUT2D eigenvalue weighted by Crippen LogP contribution is -2.64. The molecule has 0 aromatic heterocycles. The highest BCUT2D eigenvalue weighted by atomic mass is 32.1. The third-order valence-electron chi connectivity index (χ3n) is 5.88. The topological polar surface area (TPSA) is 100 Å². The number of nitrogens with one attached hydrogen (secondary N) is 1. The summed E-state index contributed by atoms with van der Waals surface area (Å²) in [4.78, 5) is 38.4. The molecule has 3 aromatic rings. The maximum atomic E-state index is 13.0. The molecule has 1 aliphatic rings. The molecular formula is C28H27NO7S. The molecule has 1 amide bonds. The second-order valence-corrected chi connectivity index (χ2v) is 8.93. The van der Waals surface area contributed by atoms with E-state index in [0.29, 0.717) is 16.7 Å². The van der Waals surface area contributed by atoms with Gasteiger partial charge in [-0.25, -0.2) is 9.59 Å². The van der Waals surface area contributed by atoms with E-state index in [1.54, 1.807) is 91.0 Å². The summed E-state index contributed by atoms with van der Waals surface area (Å²) in [5, 5.41) is 2.10. The van der Waals surface area contributed by atoms with Crippen molar-refractivity contribution in [3.05, 3.63) is 108 Å². The van der Waals surface area contributed by atoms with Crippen molar-refractivity contribution < 1.29 is 33.3 Å². The summed E-state index contributed by atoms with van der Waals surface area (Å²) in [6, 6.07) is 24.7. The number of thiol groups is 1. The molecule has 8 nitrogen and oxygen atoms in total. The molecule has 0 bridgehead atoms. The Hall–Kier alpha value is -3.66. The van der Waals surface area contributed by atoms with Crippen LogP contribution in [0.25, 0.3) is 0 Å². The number of ether oxygens (including phenoxy) is 4. The lowest BCUT2D eigenvalue weighted by Gasteiger charge is -2.44. The van der Waals surface area contributed by atoms with E-state index in [1.165, 1.54) is 7.11 Å². The Bertz CT molecular complexity index is 1190. The van der Waals surface area contributed by atoms with E-state index in [1.807, 2.05) is 0 Å². The van der Waals surface area contributed by atoms with Crippen LogP contribution in [0.4, 0.5) is 0 Å². The molecular weight excluding hydrogens is 494 g/mol. The number of carbonyl (C=O) groups excluding carboxylic acids is 3. The minimum absolute atomic E-state index is 0.166. The van der Waals surface area contributed by atoms with Crippen LogP contribution in [0, 0.1) is 0 Å². The Morgan fingerprint density at radius 1 is 0.811 bits per heavy atom. The summed E-state index contributed by atoms with van der Waals surface area (Å²) < 4.78 is 22.9. The van der Waals surface area contributed by atoms with Crippen LogP contribution in [-0.4, -0.2) is 61.4 Å². The highest BCUT2D eigenvalue weighted by Gasteiger charge is 2.48. The summed E-state index contributed by atoms with van der Waals surface area (Å²) in [5.41, 5.74) is 1.14. The Labute approximate surface area is 220 Å². The van der Waals surface area contributed by atoms with Gasteiger partial charge in [-0.15, -0.1) is 0 Å². The second-order valence-electron chi connectivity index (χ2n) is 8.33. The molecule has 1 heterocycles. The van der Waals surface area contributed by atoms with E-state index in [4.69, 9.17) is 18.9 Å². The first-order chi connectivity index (χ1) is 18.0. The largest absolute Gasteiger partial charge is 0.459 e. The van der Waals surface area contributed by atoms with Crippen LogP contribution in [-0.2, 0) is 18.9 Å². The van der Waals surface area contributed by atoms with E-state index in [2.05, 4.69) is 17.9 Å². The molecule has 1 N–H and O–H groups in total. The number of hydrogen-bond acceptors (Lipinski definition) is 8. The number of benzene rings is 3. The summed E-state index contributed by atoms with van der Waals surface area (Å²) in [6.07, 6.45) is -2.77. The second kappa shape index (κ2) is 12.5. The number of esters is 2. The summed E-state index contributed by atoms with van der Waals surface area (Å²) in [6.45, 7) is -0.166. The van der Waals surface area contributed by atoms with E-state index < -0.39 is 47.6 Å². The standard InChI is InChI=1S/C28H27NO7S/c1-33-28-22(29-25(30)18-11-5-2-6-12-18)23(36-27(32)20-15-9-4-10-16-20)24(37)21(35-28)17-34-26(31)19-13-7-3-8-14-19/h2-16,21-24,28,37H,17H2,1H3,(H,29,30)/t21-,22-,23-,24+,28+/m1/s1. The number of rotatable bonds is 8. The van der Waals surface area contributed by atoms with Gasteiger partial charge >= 0.3 is 11.9 Å². The van der Waals surface area contributed by atoms with Gasteiger partial charge in [-0.05, 0) is 36.4 Å². The molecule has 0 unspecified atom stereocenters. The van der Waals surface area contributed by atoms with E-state index >= 15 is 0 Å². The van der Waals surface area contributed by atoms with Crippen molar-refractivity contribution in [3.63, 3.8) is 0 Å². The van der Waals surface area contributed by atoms with Crippen molar-refractivity contribution >= 4 is 30.5 Å². The summed E-state index contributed by atoms with van der Waals surface area (Å²) >= 11 is 4.68. The smallest absolute Gasteiger partial charge is 0.338 e. The monoisotopic (exact) mass is 521 g/mol. The first-order valence-corrected chi connectivity index (χ1v) is 12.2. The van der Waals surface area contributed by atoms with Crippen LogP contribution in [0.5, 0.6) is 0 Å². The molecule has 192 valence electrons. The van der Waals surface area contributed by atoms with Crippen molar-refractivity contribution in [2.75, 3.05) is 13.7 Å². The third-order valence-corrected chi connectivity index (χ3v) is 6.51. The SMILES string of the molecule is CO[C@H]1O[C@H](COC(=O)c2ccccc2)[C@H](S)[C@H](OC(=O)c2ccccc2)[C@H]1NC(=O)c1ccccc1.